The number of nitro benzene ring substituents is 1. The largest absolute Gasteiger partial charge is 0.321 e. The molecule has 98 valence electrons. The van der Waals surface area contributed by atoms with Gasteiger partial charge in [-0.05, 0) is 50.7 Å². The predicted octanol–water partition coefficient (Wildman–Crippen LogP) is 4.28. The predicted molar refractivity (Wildman–Crippen MR) is 85.8 cm³/mol. The van der Waals surface area contributed by atoms with Gasteiger partial charge in [0.15, 0.2) is 0 Å². The van der Waals surface area contributed by atoms with Gasteiger partial charge < -0.3 is 5.32 Å². The molecule has 0 atom stereocenters. The molecule has 0 bridgehead atoms. The fourth-order valence-corrected chi connectivity index (χ4v) is 3.02. The molecule has 0 aliphatic rings. The molecule has 19 heavy (non-hydrogen) atoms. The number of hydrogen-bond acceptors (Lipinski definition) is 4. The Labute approximate surface area is 134 Å². The lowest BCUT2D eigenvalue weighted by molar-refractivity contribution is -0.384. The molecule has 0 fully saturated rings. The van der Waals surface area contributed by atoms with Crippen LogP contribution in [-0.2, 0) is 0 Å². The number of nitrogens with zero attached hydrogens (tertiary/aromatic N) is 1. The Morgan fingerprint density at radius 2 is 2.16 bits per heavy atom. The lowest BCUT2D eigenvalue weighted by Crippen LogP contribution is -2.11. The second kappa shape index (κ2) is 5.97. The Kier molecular flexibility index (Phi) is 4.53. The summed E-state index contributed by atoms with van der Waals surface area (Å²) in [5.41, 5.74) is 0.839. The molecule has 1 heterocycles. The molecule has 1 aromatic heterocycles. The van der Waals surface area contributed by atoms with Gasteiger partial charge in [0.05, 0.1) is 19.1 Å². The first-order valence-corrected chi connectivity index (χ1v) is 7.72. The van der Waals surface area contributed by atoms with Crippen LogP contribution in [0.5, 0.6) is 0 Å². The summed E-state index contributed by atoms with van der Waals surface area (Å²) < 4.78 is 1.59. The number of halogens is 2. The van der Waals surface area contributed by atoms with Crippen LogP contribution < -0.4 is 5.32 Å². The molecular formula is C11H6BrIN2O3S. The van der Waals surface area contributed by atoms with Crippen LogP contribution in [0.4, 0.5) is 11.4 Å². The third kappa shape index (κ3) is 3.51. The average Bonchev–Trinajstić information content (AvgIpc) is 2.78. The second-order valence-corrected chi connectivity index (χ2v) is 7.17. The number of carbonyl (C=O) groups is 1. The number of rotatable bonds is 3. The molecule has 0 spiro atoms. The van der Waals surface area contributed by atoms with E-state index in [9.17, 15) is 14.9 Å². The summed E-state index contributed by atoms with van der Waals surface area (Å²) in [5.74, 6) is -0.291. The highest BCUT2D eigenvalue weighted by Crippen LogP contribution is 2.28. The summed E-state index contributed by atoms with van der Waals surface area (Å²) in [7, 11) is 0. The van der Waals surface area contributed by atoms with Crippen molar-refractivity contribution in [2.24, 2.45) is 0 Å². The van der Waals surface area contributed by atoms with Crippen molar-refractivity contribution in [3.8, 4) is 0 Å². The number of carbonyl (C=O) groups excluding carboxylic acids is 1. The maximum atomic E-state index is 12.0. The minimum absolute atomic E-state index is 0.0709. The van der Waals surface area contributed by atoms with Crippen LogP contribution in [0.15, 0.2) is 34.1 Å². The van der Waals surface area contributed by atoms with Gasteiger partial charge in [-0.1, -0.05) is 0 Å². The van der Waals surface area contributed by atoms with Gasteiger partial charge in [0.25, 0.3) is 11.6 Å². The number of nitro groups is 1. The number of thiophene rings is 1. The molecule has 0 saturated carbocycles. The monoisotopic (exact) mass is 452 g/mol. The first kappa shape index (κ1) is 14.4. The van der Waals surface area contributed by atoms with Gasteiger partial charge in [0.2, 0.25) is 0 Å². The third-order valence-electron chi connectivity index (χ3n) is 2.24. The Bertz CT molecular complexity index is 659. The Balaban J connectivity index is 2.25. The van der Waals surface area contributed by atoms with Crippen LogP contribution in [0.2, 0.25) is 0 Å². The summed E-state index contributed by atoms with van der Waals surface area (Å²) in [5, 5.41) is 15.1. The smallest absolute Gasteiger partial charge is 0.271 e. The minimum Gasteiger partial charge on any atom is -0.321 e. The molecule has 0 radical (unpaired) electrons. The van der Waals surface area contributed by atoms with E-state index in [1.807, 2.05) is 0 Å². The molecule has 1 aromatic carbocycles. The summed E-state index contributed by atoms with van der Waals surface area (Å²) in [4.78, 5) is 22.2. The van der Waals surface area contributed by atoms with E-state index in [0.717, 1.165) is 2.88 Å². The van der Waals surface area contributed by atoms with Crippen LogP contribution in [0, 0.1) is 13.0 Å². The van der Waals surface area contributed by atoms with Crippen LogP contribution in [0.1, 0.15) is 10.4 Å². The fourth-order valence-electron chi connectivity index (χ4n) is 1.35. The highest BCUT2D eigenvalue weighted by Gasteiger charge is 2.13. The van der Waals surface area contributed by atoms with Crippen molar-refractivity contribution in [1.29, 1.82) is 0 Å². The number of nitrogens with one attached hydrogen (secondary N) is 1. The number of non-ortho nitro benzene ring substituents is 1. The van der Waals surface area contributed by atoms with Crippen molar-refractivity contribution >= 4 is 67.1 Å². The first-order valence-electron chi connectivity index (χ1n) is 4.96. The van der Waals surface area contributed by atoms with Gasteiger partial charge in [-0.15, -0.1) is 11.3 Å². The topological polar surface area (TPSA) is 72.2 Å². The van der Waals surface area contributed by atoms with E-state index in [1.54, 1.807) is 11.4 Å². The van der Waals surface area contributed by atoms with Crippen molar-refractivity contribution in [2.75, 3.05) is 5.32 Å². The van der Waals surface area contributed by atoms with Crippen molar-refractivity contribution < 1.29 is 9.72 Å². The van der Waals surface area contributed by atoms with Crippen LogP contribution in [0.3, 0.4) is 0 Å². The van der Waals surface area contributed by atoms with E-state index in [0.29, 0.717) is 15.7 Å². The minimum atomic E-state index is -0.504. The molecule has 1 N–H and O–H groups in total. The van der Waals surface area contributed by atoms with Crippen LogP contribution in [0.25, 0.3) is 0 Å². The standard InChI is InChI=1S/C11H6BrIN2O3S/c12-8-2-1-7(15(17)18)4-9(8)14-11(16)6-3-10(13)19-5-6/h1-5H,(H,14,16). The van der Waals surface area contributed by atoms with Gasteiger partial charge in [-0.25, -0.2) is 0 Å². The van der Waals surface area contributed by atoms with E-state index in [-0.39, 0.29) is 11.6 Å². The second-order valence-electron chi connectivity index (χ2n) is 3.51. The molecular weight excluding hydrogens is 447 g/mol. The zero-order chi connectivity index (χ0) is 14.0. The SMILES string of the molecule is O=C(Nc1cc([N+](=O)[O-])ccc1Br)c1csc(I)c1. The quantitative estimate of drug-likeness (QED) is 0.429. The van der Waals surface area contributed by atoms with Crippen molar-refractivity contribution in [1.82, 2.24) is 0 Å². The lowest BCUT2D eigenvalue weighted by atomic mass is 10.2. The van der Waals surface area contributed by atoms with E-state index in [1.165, 1.54) is 29.5 Å². The zero-order valence-electron chi connectivity index (χ0n) is 9.22. The number of amides is 1. The van der Waals surface area contributed by atoms with E-state index < -0.39 is 4.92 Å². The molecule has 5 nitrogen and oxygen atoms in total. The van der Waals surface area contributed by atoms with Crippen molar-refractivity contribution in [3.63, 3.8) is 0 Å². The Morgan fingerprint density at radius 3 is 2.74 bits per heavy atom. The summed E-state index contributed by atoms with van der Waals surface area (Å²) >= 11 is 6.84. The van der Waals surface area contributed by atoms with Crippen LogP contribution >= 0.6 is 49.9 Å². The average molecular weight is 453 g/mol. The normalized spacial score (nSPS) is 10.2. The zero-order valence-corrected chi connectivity index (χ0v) is 13.8. The molecule has 8 heteroatoms. The maximum absolute atomic E-state index is 12.0. The fraction of sp³-hybridized carbons (Fsp3) is 0. The Morgan fingerprint density at radius 1 is 1.42 bits per heavy atom. The van der Waals surface area contributed by atoms with E-state index in [4.69, 9.17) is 0 Å². The highest BCUT2D eigenvalue weighted by atomic mass is 127. The molecule has 0 aliphatic heterocycles. The summed E-state index contributed by atoms with van der Waals surface area (Å²) in [6.07, 6.45) is 0. The van der Waals surface area contributed by atoms with Crippen molar-refractivity contribution in [2.45, 2.75) is 0 Å². The van der Waals surface area contributed by atoms with Gasteiger partial charge >= 0.3 is 0 Å². The number of anilines is 1. The van der Waals surface area contributed by atoms with Crippen molar-refractivity contribution in [3.05, 3.63) is 52.7 Å². The van der Waals surface area contributed by atoms with Crippen LogP contribution in [-0.4, -0.2) is 10.8 Å². The molecule has 0 saturated heterocycles. The molecule has 0 unspecified atom stereocenters. The molecule has 1 amide bonds. The summed E-state index contributed by atoms with van der Waals surface area (Å²) in [6.45, 7) is 0. The van der Waals surface area contributed by atoms with Gasteiger partial charge in [-0.2, -0.15) is 0 Å². The third-order valence-corrected chi connectivity index (χ3v) is 4.72. The van der Waals surface area contributed by atoms with E-state index in [2.05, 4.69) is 43.8 Å². The number of benzene rings is 1. The highest BCUT2D eigenvalue weighted by molar-refractivity contribution is 14.1. The first-order chi connectivity index (χ1) is 8.97. The molecule has 0 aliphatic carbocycles. The summed E-state index contributed by atoms with van der Waals surface area (Å²) in [6, 6.07) is 5.98. The van der Waals surface area contributed by atoms with E-state index >= 15 is 0 Å². The molecule has 2 aromatic rings. The van der Waals surface area contributed by atoms with Gasteiger partial charge in [-0.3, -0.25) is 14.9 Å². The number of hydrogen-bond donors (Lipinski definition) is 1. The van der Waals surface area contributed by atoms with Gasteiger partial charge in [0, 0.05) is 22.0 Å². The lowest BCUT2D eigenvalue weighted by Gasteiger charge is -2.06. The van der Waals surface area contributed by atoms with Gasteiger partial charge in [0.1, 0.15) is 0 Å². The Hall–Kier alpha value is -1.000. The maximum Gasteiger partial charge on any atom is 0.271 e. The molecule has 2 rings (SSSR count).